The average Bonchev–Trinajstić information content (AvgIpc) is 3.36. The molecule has 0 aliphatic carbocycles. The summed E-state index contributed by atoms with van der Waals surface area (Å²) in [5, 5.41) is 3.53. The van der Waals surface area contributed by atoms with Crippen molar-refractivity contribution in [3.63, 3.8) is 0 Å². The minimum Gasteiger partial charge on any atom is -0.337 e. The maximum Gasteiger partial charge on any atom is 0.230 e. The fourth-order valence-corrected chi connectivity index (χ4v) is 3.90. The second-order valence-corrected chi connectivity index (χ2v) is 7.36. The number of carbonyl (C=O) groups is 1. The van der Waals surface area contributed by atoms with Crippen molar-refractivity contribution in [3.05, 3.63) is 78.8 Å². The Kier molecular flexibility index (Phi) is 5.30. The summed E-state index contributed by atoms with van der Waals surface area (Å²) >= 11 is 1.45. The predicted octanol–water partition coefficient (Wildman–Crippen LogP) is 4.87. The summed E-state index contributed by atoms with van der Waals surface area (Å²) in [5.41, 5.74) is 3.67. The van der Waals surface area contributed by atoms with Gasteiger partial charge in [-0.15, -0.1) is 0 Å². The van der Waals surface area contributed by atoms with Gasteiger partial charge in [-0.05, 0) is 12.5 Å². The second-order valence-electron chi connectivity index (χ2n) is 6.36. The number of nitrogens with one attached hydrogen (secondary N) is 1. The van der Waals surface area contributed by atoms with Crippen LogP contribution < -0.4 is 5.32 Å². The van der Waals surface area contributed by atoms with E-state index in [0.29, 0.717) is 11.6 Å². The molecule has 2 heterocycles. The molecule has 6 heteroatoms. The van der Waals surface area contributed by atoms with Crippen molar-refractivity contribution < 1.29 is 4.79 Å². The van der Waals surface area contributed by atoms with Gasteiger partial charge >= 0.3 is 0 Å². The van der Waals surface area contributed by atoms with Crippen molar-refractivity contribution in [2.45, 2.75) is 19.9 Å². The number of amides is 1. The number of thiazole rings is 1. The minimum absolute atomic E-state index is 0.0785. The molecule has 1 amide bonds. The Balaban J connectivity index is 1.64. The molecule has 4 rings (SSSR count). The third kappa shape index (κ3) is 4.02. The van der Waals surface area contributed by atoms with Gasteiger partial charge < -0.3 is 9.88 Å². The van der Waals surface area contributed by atoms with E-state index in [1.807, 2.05) is 77.8 Å². The average molecular weight is 388 g/mol. The maximum atomic E-state index is 12.5. The highest BCUT2D eigenvalue weighted by Crippen LogP contribution is 2.38. The van der Waals surface area contributed by atoms with Gasteiger partial charge in [0.1, 0.15) is 5.69 Å². The van der Waals surface area contributed by atoms with Gasteiger partial charge in [-0.3, -0.25) is 4.79 Å². The van der Waals surface area contributed by atoms with Crippen molar-refractivity contribution in [2.24, 2.45) is 0 Å². The van der Waals surface area contributed by atoms with Crippen LogP contribution in [0.4, 0.5) is 5.13 Å². The molecule has 5 nitrogen and oxygen atoms in total. The Hall–Kier alpha value is -3.25. The summed E-state index contributed by atoms with van der Waals surface area (Å²) in [4.78, 5) is 22.6. The Labute approximate surface area is 167 Å². The minimum atomic E-state index is -0.0785. The molecule has 2 aromatic heterocycles. The van der Waals surface area contributed by atoms with Gasteiger partial charge in [0.05, 0.1) is 23.3 Å². The largest absolute Gasteiger partial charge is 0.337 e. The molecule has 0 fully saturated rings. The number of nitrogens with zero attached hydrogens (tertiary/aromatic N) is 3. The third-order valence-electron chi connectivity index (χ3n) is 4.36. The Morgan fingerprint density at radius 1 is 1.07 bits per heavy atom. The van der Waals surface area contributed by atoms with Gasteiger partial charge in [0, 0.05) is 18.3 Å². The molecule has 2 aromatic carbocycles. The van der Waals surface area contributed by atoms with Crippen LogP contribution in [0.15, 0.2) is 73.2 Å². The smallest absolute Gasteiger partial charge is 0.230 e. The van der Waals surface area contributed by atoms with E-state index in [-0.39, 0.29) is 5.91 Å². The summed E-state index contributed by atoms with van der Waals surface area (Å²) < 4.78 is 2.03. The van der Waals surface area contributed by atoms with Crippen LogP contribution in [0.3, 0.4) is 0 Å². The molecule has 140 valence electrons. The third-order valence-corrected chi connectivity index (χ3v) is 5.35. The van der Waals surface area contributed by atoms with Crippen LogP contribution in [-0.4, -0.2) is 20.4 Å². The van der Waals surface area contributed by atoms with E-state index in [4.69, 9.17) is 4.98 Å². The Morgan fingerprint density at radius 2 is 1.79 bits per heavy atom. The number of rotatable bonds is 6. The van der Waals surface area contributed by atoms with Crippen molar-refractivity contribution in [1.82, 2.24) is 14.5 Å². The van der Waals surface area contributed by atoms with Crippen LogP contribution in [0.2, 0.25) is 0 Å². The Morgan fingerprint density at radius 3 is 2.46 bits per heavy atom. The molecular weight excluding hydrogens is 368 g/mol. The zero-order chi connectivity index (χ0) is 19.3. The summed E-state index contributed by atoms with van der Waals surface area (Å²) in [6.45, 7) is 2.93. The highest BCUT2D eigenvalue weighted by Gasteiger charge is 2.18. The number of hydrogen-bond acceptors (Lipinski definition) is 4. The molecule has 1 N–H and O–H groups in total. The van der Waals surface area contributed by atoms with Crippen molar-refractivity contribution in [1.29, 1.82) is 0 Å². The van der Waals surface area contributed by atoms with Gasteiger partial charge in [-0.25, -0.2) is 9.97 Å². The van der Waals surface area contributed by atoms with Crippen LogP contribution >= 0.6 is 11.3 Å². The highest BCUT2D eigenvalue weighted by molar-refractivity contribution is 7.19. The fraction of sp³-hybridized carbons (Fsp3) is 0.136. The molecule has 0 spiro atoms. The zero-order valence-electron chi connectivity index (χ0n) is 15.5. The van der Waals surface area contributed by atoms with E-state index in [2.05, 4.69) is 17.2 Å². The molecule has 0 bridgehead atoms. The normalized spacial score (nSPS) is 10.8. The maximum absolute atomic E-state index is 12.5. The van der Waals surface area contributed by atoms with Crippen molar-refractivity contribution in [2.75, 3.05) is 5.32 Å². The first-order valence-corrected chi connectivity index (χ1v) is 9.96. The van der Waals surface area contributed by atoms with Crippen LogP contribution in [0.25, 0.3) is 21.8 Å². The topological polar surface area (TPSA) is 59.8 Å². The number of aryl methyl sites for hydroxylation is 1. The van der Waals surface area contributed by atoms with E-state index in [9.17, 15) is 4.79 Å². The van der Waals surface area contributed by atoms with Gasteiger partial charge in [0.15, 0.2) is 5.13 Å². The lowest BCUT2D eigenvalue weighted by molar-refractivity contribution is -0.115. The number of hydrogen-bond donors (Lipinski definition) is 1. The SMILES string of the molecule is CCn1cnc(-c2sc(NC(=O)Cc3ccccc3)nc2-c2ccccc2)c1. The summed E-state index contributed by atoms with van der Waals surface area (Å²) in [7, 11) is 0. The molecular formula is C22H20N4OS. The van der Waals surface area contributed by atoms with Crippen LogP contribution in [0.1, 0.15) is 12.5 Å². The molecule has 0 saturated carbocycles. The lowest BCUT2D eigenvalue weighted by Gasteiger charge is -2.01. The highest BCUT2D eigenvalue weighted by atomic mass is 32.1. The standard InChI is InChI=1S/C22H20N4OS/c1-2-26-14-18(23-15-26)21-20(17-11-7-4-8-12-17)25-22(28-21)24-19(27)13-16-9-5-3-6-10-16/h3-12,14-15H,2,13H2,1H3,(H,24,25,27). The van der Waals surface area contributed by atoms with Crippen LogP contribution in [-0.2, 0) is 17.8 Å². The predicted molar refractivity (Wildman–Crippen MR) is 113 cm³/mol. The first-order valence-electron chi connectivity index (χ1n) is 9.15. The van der Waals surface area contributed by atoms with Crippen molar-refractivity contribution >= 4 is 22.4 Å². The van der Waals surface area contributed by atoms with E-state index in [1.165, 1.54) is 11.3 Å². The molecule has 28 heavy (non-hydrogen) atoms. The molecule has 0 radical (unpaired) electrons. The van der Waals surface area contributed by atoms with Gasteiger partial charge in [0.2, 0.25) is 5.91 Å². The first-order chi connectivity index (χ1) is 13.7. The Bertz CT molecular complexity index is 1070. The molecule has 0 unspecified atom stereocenters. The quantitative estimate of drug-likeness (QED) is 0.512. The molecule has 0 aliphatic heterocycles. The van der Waals surface area contributed by atoms with Crippen LogP contribution in [0.5, 0.6) is 0 Å². The number of carbonyl (C=O) groups excluding carboxylic acids is 1. The lowest BCUT2D eigenvalue weighted by atomic mass is 10.1. The monoisotopic (exact) mass is 388 g/mol. The fourth-order valence-electron chi connectivity index (χ4n) is 2.93. The second kappa shape index (κ2) is 8.19. The summed E-state index contributed by atoms with van der Waals surface area (Å²) in [6, 6.07) is 19.7. The van der Waals surface area contributed by atoms with E-state index >= 15 is 0 Å². The van der Waals surface area contributed by atoms with Gasteiger partial charge in [-0.1, -0.05) is 72.0 Å². The number of aromatic nitrogens is 3. The van der Waals surface area contributed by atoms with E-state index in [0.717, 1.165) is 33.9 Å². The van der Waals surface area contributed by atoms with E-state index < -0.39 is 0 Å². The van der Waals surface area contributed by atoms with Crippen LogP contribution in [0, 0.1) is 0 Å². The zero-order valence-corrected chi connectivity index (χ0v) is 16.3. The number of benzene rings is 2. The van der Waals surface area contributed by atoms with E-state index in [1.54, 1.807) is 0 Å². The van der Waals surface area contributed by atoms with Gasteiger partial charge in [-0.2, -0.15) is 0 Å². The molecule has 0 saturated heterocycles. The molecule has 0 atom stereocenters. The lowest BCUT2D eigenvalue weighted by Crippen LogP contribution is -2.14. The molecule has 4 aromatic rings. The summed E-state index contributed by atoms with van der Waals surface area (Å²) in [6.07, 6.45) is 4.15. The van der Waals surface area contributed by atoms with Crippen molar-refractivity contribution in [3.8, 4) is 21.8 Å². The first kappa shape index (κ1) is 18.1. The van der Waals surface area contributed by atoms with Gasteiger partial charge in [0.25, 0.3) is 0 Å². The molecule has 0 aliphatic rings. The number of anilines is 1. The summed E-state index contributed by atoms with van der Waals surface area (Å²) in [5.74, 6) is -0.0785. The number of imidazole rings is 1.